The number of nitrogens with one attached hydrogen (secondary N) is 1. The second-order valence-electron chi connectivity index (χ2n) is 8.68. The lowest BCUT2D eigenvalue weighted by atomic mass is 9.95. The fourth-order valence-corrected chi connectivity index (χ4v) is 4.26. The normalized spacial score (nSPS) is 17.1. The molecule has 6 nitrogen and oxygen atoms in total. The number of carbonyl (C=O) groups is 2. The van der Waals surface area contributed by atoms with E-state index in [1.54, 1.807) is 17.2 Å². The zero-order valence-electron chi connectivity index (χ0n) is 18.1. The Morgan fingerprint density at radius 3 is 2.61 bits per heavy atom. The fraction of sp³-hybridized carbons (Fsp3) is 0.308. The van der Waals surface area contributed by atoms with Crippen LogP contribution in [-0.4, -0.2) is 29.4 Å². The Morgan fingerprint density at radius 1 is 1.06 bits per heavy atom. The minimum atomic E-state index is -0.311. The average Bonchev–Trinajstić information content (AvgIpc) is 3.49. The minimum Gasteiger partial charge on any atom is -0.492 e. The van der Waals surface area contributed by atoms with Crippen LogP contribution in [0.1, 0.15) is 40.1 Å². The third-order valence-corrected chi connectivity index (χ3v) is 6.25. The van der Waals surface area contributed by atoms with Gasteiger partial charge < -0.3 is 19.4 Å². The molecule has 1 unspecified atom stereocenters. The van der Waals surface area contributed by atoms with Crippen molar-refractivity contribution < 1.29 is 18.7 Å². The van der Waals surface area contributed by atoms with Gasteiger partial charge in [0.1, 0.15) is 18.1 Å². The molecule has 0 spiro atoms. The summed E-state index contributed by atoms with van der Waals surface area (Å²) in [4.78, 5) is 27.6. The number of fused-ring (bicyclic) bond motifs is 1. The molecule has 2 aromatic carbocycles. The molecule has 0 saturated heterocycles. The molecule has 33 heavy (non-hydrogen) atoms. The summed E-state index contributed by atoms with van der Waals surface area (Å²) in [5.41, 5.74) is 2.51. The molecular formula is C26H25ClN2O4. The highest BCUT2D eigenvalue weighted by atomic mass is 35.5. The number of carbonyl (C=O) groups excluding carboxylic acids is 2. The lowest BCUT2D eigenvalue weighted by molar-refractivity contribution is -0.138. The van der Waals surface area contributed by atoms with Crippen molar-refractivity contribution in [1.29, 1.82) is 0 Å². The van der Waals surface area contributed by atoms with Crippen molar-refractivity contribution in [2.75, 3.05) is 6.61 Å². The summed E-state index contributed by atoms with van der Waals surface area (Å²) in [6.45, 7) is 1.08. The molecule has 7 heteroatoms. The number of amides is 2. The summed E-state index contributed by atoms with van der Waals surface area (Å²) in [6.07, 6.45) is 4.28. The highest BCUT2D eigenvalue weighted by Gasteiger charge is 2.30. The van der Waals surface area contributed by atoms with Crippen LogP contribution >= 0.6 is 11.6 Å². The SMILES string of the molecule is O=C(NC1CC1)c1ccc(CN(Cc2ccco2)C(=O)C2COc3ccc(Cl)cc3C2)cc1. The summed E-state index contributed by atoms with van der Waals surface area (Å²) in [7, 11) is 0. The van der Waals surface area contributed by atoms with Crippen molar-refractivity contribution in [2.45, 2.75) is 38.4 Å². The van der Waals surface area contributed by atoms with Gasteiger partial charge in [0.25, 0.3) is 5.91 Å². The van der Waals surface area contributed by atoms with Gasteiger partial charge in [0.05, 0.1) is 18.7 Å². The molecule has 0 radical (unpaired) electrons. The third-order valence-electron chi connectivity index (χ3n) is 6.02. The van der Waals surface area contributed by atoms with Gasteiger partial charge in [-0.1, -0.05) is 23.7 Å². The zero-order chi connectivity index (χ0) is 22.8. The van der Waals surface area contributed by atoms with Crippen LogP contribution in [0.3, 0.4) is 0 Å². The van der Waals surface area contributed by atoms with Gasteiger partial charge in [-0.25, -0.2) is 0 Å². The summed E-state index contributed by atoms with van der Waals surface area (Å²) in [6, 6.07) is 16.9. The maximum atomic E-state index is 13.5. The molecule has 0 bridgehead atoms. The van der Waals surface area contributed by atoms with Gasteiger partial charge in [0.15, 0.2) is 0 Å². The Kier molecular flexibility index (Phi) is 6.09. The van der Waals surface area contributed by atoms with Crippen molar-refractivity contribution in [3.8, 4) is 5.75 Å². The van der Waals surface area contributed by atoms with E-state index < -0.39 is 0 Å². The Labute approximate surface area is 197 Å². The van der Waals surface area contributed by atoms with Gasteiger partial charge in [-0.3, -0.25) is 9.59 Å². The van der Waals surface area contributed by atoms with Crippen LogP contribution in [0.5, 0.6) is 5.75 Å². The molecular weight excluding hydrogens is 440 g/mol. The predicted octanol–water partition coefficient (Wildman–Crippen LogP) is 4.61. The van der Waals surface area contributed by atoms with Crippen LogP contribution in [0.15, 0.2) is 65.3 Å². The summed E-state index contributed by atoms with van der Waals surface area (Å²) in [5, 5.41) is 3.62. The summed E-state index contributed by atoms with van der Waals surface area (Å²) >= 11 is 6.14. The van der Waals surface area contributed by atoms with Crippen molar-refractivity contribution in [2.24, 2.45) is 5.92 Å². The molecule has 1 atom stereocenters. The molecule has 1 aromatic heterocycles. The van der Waals surface area contributed by atoms with Gasteiger partial charge in [0, 0.05) is 23.2 Å². The number of rotatable bonds is 7. The molecule has 1 N–H and O–H groups in total. The van der Waals surface area contributed by atoms with Gasteiger partial charge in [-0.2, -0.15) is 0 Å². The Bertz CT molecular complexity index is 1140. The second-order valence-corrected chi connectivity index (χ2v) is 9.12. The number of halogens is 1. The minimum absolute atomic E-state index is 0.00687. The van der Waals surface area contributed by atoms with Crippen LogP contribution < -0.4 is 10.1 Å². The summed E-state index contributed by atoms with van der Waals surface area (Å²) in [5.74, 6) is 1.12. The van der Waals surface area contributed by atoms with Gasteiger partial charge in [0.2, 0.25) is 5.91 Å². The van der Waals surface area contributed by atoms with Crippen LogP contribution in [0.25, 0.3) is 0 Å². The van der Waals surface area contributed by atoms with Crippen molar-refractivity contribution in [3.63, 3.8) is 0 Å². The maximum Gasteiger partial charge on any atom is 0.251 e. The van der Waals surface area contributed by atoms with E-state index in [0.717, 1.165) is 29.7 Å². The number of furan rings is 1. The van der Waals surface area contributed by atoms with E-state index >= 15 is 0 Å². The van der Waals surface area contributed by atoms with E-state index in [1.165, 1.54) is 0 Å². The van der Waals surface area contributed by atoms with E-state index in [9.17, 15) is 9.59 Å². The molecule has 170 valence electrons. The lowest BCUT2D eigenvalue weighted by Crippen LogP contribution is -2.40. The van der Waals surface area contributed by atoms with Crippen molar-refractivity contribution >= 4 is 23.4 Å². The first-order chi connectivity index (χ1) is 16.0. The molecule has 2 amide bonds. The van der Waals surface area contributed by atoms with Gasteiger partial charge in [-0.05, 0) is 72.9 Å². The lowest BCUT2D eigenvalue weighted by Gasteiger charge is -2.30. The van der Waals surface area contributed by atoms with Crippen LogP contribution in [0, 0.1) is 5.92 Å². The number of hydrogen-bond acceptors (Lipinski definition) is 4. The molecule has 5 rings (SSSR count). The number of ether oxygens (including phenoxy) is 1. The molecule has 1 saturated carbocycles. The Morgan fingerprint density at radius 2 is 1.88 bits per heavy atom. The van der Waals surface area contributed by atoms with Gasteiger partial charge >= 0.3 is 0 Å². The van der Waals surface area contributed by atoms with Crippen molar-refractivity contribution in [3.05, 3.63) is 88.3 Å². The molecule has 2 aliphatic rings. The number of benzene rings is 2. The third kappa shape index (κ3) is 5.22. The molecule has 1 aliphatic carbocycles. The van der Waals surface area contributed by atoms with Crippen LogP contribution in [-0.2, 0) is 24.3 Å². The standard InChI is InChI=1S/C26H25ClN2O4/c27-21-7-10-24-19(13-21)12-20(16-33-24)26(31)29(15-23-2-1-11-32-23)14-17-3-5-18(6-4-17)25(30)28-22-8-9-22/h1-7,10-11,13,20,22H,8-9,12,14-16H2,(H,28,30). The van der Waals surface area contributed by atoms with E-state index in [-0.39, 0.29) is 17.7 Å². The zero-order valence-corrected chi connectivity index (χ0v) is 18.9. The highest BCUT2D eigenvalue weighted by molar-refractivity contribution is 6.30. The monoisotopic (exact) mass is 464 g/mol. The van der Waals surface area contributed by atoms with Crippen molar-refractivity contribution in [1.82, 2.24) is 10.2 Å². The predicted molar refractivity (Wildman–Crippen MR) is 124 cm³/mol. The molecule has 2 heterocycles. The number of hydrogen-bond donors (Lipinski definition) is 1. The van der Waals surface area contributed by atoms with Gasteiger partial charge in [-0.15, -0.1) is 0 Å². The highest BCUT2D eigenvalue weighted by Crippen LogP contribution is 2.31. The number of nitrogens with zero attached hydrogens (tertiary/aromatic N) is 1. The van der Waals surface area contributed by atoms with Crippen LogP contribution in [0.2, 0.25) is 5.02 Å². The summed E-state index contributed by atoms with van der Waals surface area (Å²) < 4.78 is 11.4. The largest absolute Gasteiger partial charge is 0.492 e. The van der Waals surface area contributed by atoms with E-state index in [0.29, 0.717) is 48.5 Å². The fourth-order valence-electron chi connectivity index (χ4n) is 4.06. The molecule has 1 fully saturated rings. The first-order valence-electron chi connectivity index (χ1n) is 11.2. The molecule has 3 aromatic rings. The molecule has 1 aliphatic heterocycles. The Balaban J connectivity index is 1.31. The smallest absolute Gasteiger partial charge is 0.251 e. The quantitative estimate of drug-likeness (QED) is 0.554. The maximum absolute atomic E-state index is 13.5. The van der Waals surface area contributed by atoms with E-state index in [2.05, 4.69) is 5.32 Å². The van der Waals surface area contributed by atoms with Crippen LogP contribution in [0.4, 0.5) is 0 Å². The first-order valence-corrected chi connectivity index (χ1v) is 11.5. The average molecular weight is 465 g/mol. The van der Waals surface area contributed by atoms with E-state index in [4.69, 9.17) is 20.8 Å². The topological polar surface area (TPSA) is 71.8 Å². The second kappa shape index (κ2) is 9.32. The first kappa shape index (κ1) is 21.6. The van der Waals surface area contributed by atoms with E-state index in [1.807, 2.05) is 48.5 Å². The Hall–Kier alpha value is -3.25.